The third kappa shape index (κ3) is 6.81. The largest absolute Gasteiger partial charge is 0.352 e. The van der Waals surface area contributed by atoms with E-state index in [0.29, 0.717) is 13.0 Å². The Morgan fingerprint density at radius 3 is 2.24 bits per heavy atom. The van der Waals surface area contributed by atoms with E-state index in [1.54, 1.807) is 11.8 Å². The summed E-state index contributed by atoms with van der Waals surface area (Å²) in [6.45, 7) is 2.67. The zero-order valence-corrected chi connectivity index (χ0v) is 20.3. The van der Waals surface area contributed by atoms with Gasteiger partial charge in [0.05, 0.1) is 0 Å². The molecule has 174 valence electrons. The summed E-state index contributed by atoms with van der Waals surface area (Å²) in [7, 11) is 0. The molecule has 0 saturated heterocycles. The van der Waals surface area contributed by atoms with E-state index in [0.717, 1.165) is 47.2 Å². The lowest BCUT2D eigenvalue weighted by atomic mass is 10.1. The Balaban J connectivity index is 1.32. The predicted molar refractivity (Wildman–Crippen MR) is 138 cm³/mol. The highest BCUT2D eigenvalue weighted by molar-refractivity contribution is 7.99. The minimum Gasteiger partial charge on any atom is -0.352 e. The summed E-state index contributed by atoms with van der Waals surface area (Å²) in [6.07, 6.45) is 3.06. The van der Waals surface area contributed by atoms with E-state index < -0.39 is 0 Å². The first kappa shape index (κ1) is 23.8. The second-order valence-corrected chi connectivity index (χ2v) is 9.36. The fraction of sp³-hybridized carbons (Fsp3) is 0.250. The van der Waals surface area contributed by atoms with Crippen LogP contribution in [0.3, 0.4) is 0 Å². The van der Waals surface area contributed by atoms with Crippen LogP contribution < -0.4 is 5.32 Å². The van der Waals surface area contributed by atoms with Crippen LogP contribution in [0.2, 0.25) is 0 Å². The number of unbranched alkanes of at least 4 members (excludes halogenated alkanes) is 1. The van der Waals surface area contributed by atoms with Crippen molar-refractivity contribution in [2.45, 2.75) is 44.3 Å². The molecule has 0 aliphatic rings. The molecule has 1 heterocycles. The van der Waals surface area contributed by atoms with Crippen molar-refractivity contribution in [2.75, 3.05) is 5.75 Å². The molecule has 0 saturated carbocycles. The van der Waals surface area contributed by atoms with E-state index in [4.69, 9.17) is 0 Å². The molecule has 6 heteroatoms. The highest BCUT2D eigenvalue weighted by Crippen LogP contribution is 2.25. The Morgan fingerprint density at radius 2 is 1.53 bits per heavy atom. The Labute approximate surface area is 205 Å². The summed E-state index contributed by atoms with van der Waals surface area (Å²) in [6, 6.07) is 28.8. The molecule has 0 aliphatic carbocycles. The molecule has 0 unspecified atom stereocenters. The van der Waals surface area contributed by atoms with E-state index in [2.05, 4.69) is 63.4 Å². The fourth-order valence-electron chi connectivity index (χ4n) is 3.68. The van der Waals surface area contributed by atoms with Crippen molar-refractivity contribution in [3.05, 3.63) is 107 Å². The van der Waals surface area contributed by atoms with Gasteiger partial charge in [0.25, 0.3) is 0 Å². The lowest BCUT2D eigenvalue weighted by Crippen LogP contribution is -2.22. The molecule has 0 spiro atoms. The van der Waals surface area contributed by atoms with Gasteiger partial charge in [-0.15, -0.1) is 10.2 Å². The van der Waals surface area contributed by atoms with Crippen molar-refractivity contribution >= 4 is 17.7 Å². The average Bonchev–Trinajstić information content (AvgIpc) is 3.26. The minimum atomic E-state index is 0.0989. The summed E-state index contributed by atoms with van der Waals surface area (Å²) in [4.78, 5) is 12.1. The molecule has 0 atom stereocenters. The smallest absolute Gasteiger partial charge is 0.220 e. The van der Waals surface area contributed by atoms with Gasteiger partial charge in [0, 0.05) is 30.8 Å². The van der Waals surface area contributed by atoms with Crippen LogP contribution in [0.4, 0.5) is 0 Å². The Hall–Kier alpha value is -3.38. The number of thioether (sulfide) groups is 1. The van der Waals surface area contributed by atoms with Crippen molar-refractivity contribution in [2.24, 2.45) is 0 Å². The van der Waals surface area contributed by atoms with Crippen molar-refractivity contribution in [3.8, 4) is 5.69 Å². The van der Waals surface area contributed by atoms with Crippen LogP contribution in [0.5, 0.6) is 0 Å². The Bertz CT molecular complexity index is 1170. The quantitative estimate of drug-likeness (QED) is 0.224. The summed E-state index contributed by atoms with van der Waals surface area (Å²) in [5, 5.41) is 12.9. The molecule has 0 fully saturated rings. The standard InChI is InChI=1S/C28H30N4OS/c1-22-15-17-25(18-16-22)32-26(20-23-10-4-2-5-11-23)30-31-28(32)34-19-9-8-14-27(33)29-21-24-12-6-3-7-13-24/h2-7,10-13,15-18H,8-9,14,19-21H2,1H3,(H,29,33). The number of nitrogens with one attached hydrogen (secondary N) is 1. The minimum absolute atomic E-state index is 0.0989. The Kier molecular flexibility index (Phi) is 8.52. The van der Waals surface area contributed by atoms with E-state index in [1.807, 2.05) is 48.5 Å². The van der Waals surface area contributed by atoms with Crippen LogP contribution >= 0.6 is 11.8 Å². The van der Waals surface area contributed by atoms with Crippen LogP contribution in [0.15, 0.2) is 90.1 Å². The zero-order chi connectivity index (χ0) is 23.6. The number of carbonyl (C=O) groups excluding carboxylic acids is 1. The van der Waals surface area contributed by atoms with E-state index in [9.17, 15) is 4.79 Å². The van der Waals surface area contributed by atoms with Crippen molar-refractivity contribution < 1.29 is 4.79 Å². The van der Waals surface area contributed by atoms with Gasteiger partial charge in [0.2, 0.25) is 5.91 Å². The number of amides is 1. The van der Waals surface area contributed by atoms with Gasteiger partial charge in [0.15, 0.2) is 5.16 Å². The first-order valence-corrected chi connectivity index (χ1v) is 12.7. The first-order chi connectivity index (χ1) is 16.7. The van der Waals surface area contributed by atoms with Gasteiger partial charge in [0.1, 0.15) is 5.82 Å². The van der Waals surface area contributed by atoms with Gasteiger partial charge >= 0.3 is 0 Å². The maximum atomic E-state index is 12.1. The molecular formula is C28H30N4OS. The maximum absolute atomic E-state index is 12.1. The second kappa shape index (κ2) is 12.2. The summed E-state index contributed by atoms with van der Waals surface area (Å²) in [5.41, 5.74) is 4.62. The van der Waals surface area contributed by atoms with Gasteiger partial charge in [-0.05, 0) is 43.0 Å². The Morgan fingerprint density at radius 1 is 0.853 bits per heavy atom. The molecule has 1 amide bonds. The maximum Gasteiger partial charge on any atom is 0.220 e. The third-order valence-electron chi connectivity index (χ3n) is 5.56. The lowest BCUT2D eigenvalue weighted by Gasteiger charge is -2.11. The highest BCUT2D eigenvalue weighted by atomic mass is 32.2. The molecule has 3 aromatic carbocycles. The van der Waals surface area contributed by atoms with Crippen molar-refractivity contribution in [3.63, 3.8) is 0 Å². The van der Waals surface area contributed by atoms with E-state index in [-0.39, 0.29) is 5.91 Å². The number of hydrogen-bond donors (Lipinski definition) is 1. The highest BCUT2D eigenvalue weighted by Gasteiger charge is 2.15. The van der Waals surface area contributed by atoms with Crippen LogP contribution in [0.1, 0.15) is 41.8 Å². The van der Waals surface area contributed by atoms with Gasteiger partial charge in [-0.2, -0.15) is 0 Å². The number of hydrogen-bond acceptors (Lipinski definition) is 4. The van der Waals surface area contributed by atoms with Crippen molar-refractivity contribution in [1.82, 2.24) is 20.1 Å². The molecule has 0 bridgehead atoms. The SMILES string of the molecule is Cc1ccc(-n2c(Cc3ccccc3)nnc2SCCCCC(=O)NCc2ccccc2)cc1. The number of aryl methyl sites for hydroxylation is 1. The topological polar surface area (TPSA) is 59.8 Å². The monoisotopic (exact) mass is 470 g/mol. The van der Waals surface area contributed by atoms with Crippen LogP contribution in [0.25, 0.3) is 5.69 Å². The van der Waals surface area contributed by atoms with Gasteiger partial charge in [-0.3, -0.25) is 9.36 Å². The fourth-order valence-corrected chi connectivity index (χ4v) is 4.65. The molecular weight excluding hydrogens is 440 g/mol. The second-order valence-electron chi connectivity index (χ2n) is 8.30. The molecule has 5 nitrogen and oxygen atoms in total. The van der Waals surface area contributed by atoms with Gasteiger partial charge in [-0.25, -0.2) is 0 Å². The van der Waals surface area contributed by atoms with Gasteiger partial charge < -0.3 is 5.32 Å². The number of rotatable bonds is 11. The lowest BCUT2D eigenvalue weighted by molar-refractivity contribution is -0.121. The first-order valence-electron chi connectivity index (χ1n) is 11.7. The molecule has 0 radical (unpaired) electrons. The number of benzene rings is 3. The normalized spacial score (nSPS) is 10.9. The zero-order valence-electron chi connectivity index (χ0n) is 19.5. The summed E-state index contributed by atoms with van der Waals surface area (Å²) >= 11 is 1.70. The number of aromatic nitrogens is 3. The van der Waals surface area contributed by atoms with E-state index in [1.165, 1.54) is 11.1 Å². The summed E-state index contributed by atoms with van der Waals surface area (Å²) < 4.78 is 2.16. The van der Waals surface area contributed by atoms with Crippen molar-refractivity contribution in [1.29, 1.82) is 0 Å². The molecule has 34 heavy (non-hydrogen) atoms. The molecule has 1 N–H and O–H groups in total. The number of nitrogens with zero attached hydrogens (tertiary/aromatic N) is 3. The average molecular weight is 471 g/mol. The third-order valence-corrected chi connectivity index (χ3v) is 6.57. The van der Waals surface area contributed by atoms with Crippen LogP contribution in [0, 0.1) is 6.92 Å². The molecule has 1 aromatic heterocycles. The predicted octanol–water partition coefficient (Wildman–Crippen LogP) is 5.75. The van der Waals surface area contributed by atoms with Crippen LogP contribution in [-0.4, -0.2) is 26.4 Å². The van der Waals surface area contributed by atoms with Gasteiger partial charge in [-0.1, -0.05) is 90.1 Å². The van der Waals surface area contributed by atoms with E-state index >= 15 is 0 Å². The number of carbonyl (C=O) groups is 1. The van der Waals surface area contributed by atoms with Crippen LogP contribution in [-0.2, 0) is 17.8 Å². The molecule has 0 aliphatic heterocycles. The summed E-state index contributed by atoms with van der Waals surface area (Å²) in [5.74, 6) is 1.92. The molecule has 4 rings (SSSR count). The molecule has 4 aromatic rings.